The van der Waals surface area contributed by atoms with Crippen molar-refractivity contribution in [2.45, 2.75) is 50.8 Å². The first-order chi connectivity index (χ1) is 8.42. The molecule has 1 N–H and O–H groups in total. The van der Waals surface area contributed by atoms with Crippen molar-refractivity contribution < 1.29 is 8.42 Å². The molecular formula is C13H27NO2S2. The molecule has 3 atom stereocenters. The number of hydrogen-bond acceptors (Lipinski definition) is 4. The smallest absolute Gasteiger partial charge is 0.148 e. The number of nitrogens with one attached hydrogen (secondary N) is 1. The lowest BCUT2D eigenvalue weighted by molar-refractivity contribution is 0.317. The van der Waals surface area contributed by atoms with Gasteiger partial charge in [0, 0.05) is 23.3 Å². The van der Waals surface area contributed by atoms with Gasteiger partial charge in [-0.3, -0.25) is 0 Å². The Labute approximate surface area is 116 Å². The molecule has 0 heterocycles. The predicted molar refractivity (Wildman–Crippen MR) is 81.1 cm³/mol. The maximum Gasteiger partial charge on any atom is 0.148 e. The van der Waals surface area contributed by atoms with Crippen molar-refractivity contribution >= 4 is 21.6 Å². The maximum atomic E-state index is 11.2. The fourth-order valence-electron chi connectivity index (χ4n) is 2.43. The second kappa shape index (κ2) is 7.75. The number of rotatable bonds is 7. The Morgan fingerprint density at radius 1 is 1.33 bits per heavy atom. The molecule has 108 valence electrons. The first kappa shape index (κ1) is 16.3. The van der Waals surface area contributed by atoms with Gasteiger partial charge in [0.05, 0.1) is 5.75 Å². The van der Waals surface area contributed by atoms with E-state index in [1.807, 2.05) is 11.8 Å². The van der Waals surface area contributed by atoms with Crippen LogP contribution in [0.15, 0.2) is 0 Å². The van der Waals surface area contributed by atoms with Crippen LogP contribution in [0.25, 0.3) is 0 Å². The van der Waals surface area contributed by atoms with Gasteiger partial charge in [-0.05, 0) is 38.1 Å². The molecule has 0 aromatic rings. The van der Waals surface area contributed by atoms with Gasteiger partial charge < -0.3 is 5.32 Å². The average molecular weight is 293 g/mol. The molecule has 0 saturated heterocycles. The van der Waals surface area contributed by atoms with Gasteiger partial charge in [-0.25, -0.2) is 8.42 Å². The van der Waals surface area contributed by atoms with Crippen molar-refractivity contribution in [3.8, 4) is 0 Å². The van der Waals surface area contributed by atoms with Crippen LogP contribution in [0.2, 0.25) is 0 Å². The van der Waals surface area contributed by atoms with E-state index in [2.05, 4.69) is 19.2 Å². The first-order valence-electron chi connectivity index (χ1n) is 6.95. The molecule has 1 fully saturated rings. The van der Waals surface area contributed by atoms with Crippen molar-refractivity contribution in [1.29, 1.82) is 0 Å². The summed E-state index contributed by atoms with van der Waals surface area (Å²) in [5, 5.41) is 4.20. The largest absolute Gasteiger partial charge is 0.313 e. The highest BCUT2D eigenvalue weighted by atomic mass is 32.2. The van der Waals surface area contributed by atoms with Gasteiger partial charge in [0.15, 0.2) is 0 Å². The van der Waals surface area contributed by atoms with Gasteiger partial charge in [0.25, 0.3) is 0 Å². The summed E-state index contributed by atoms with van der Waals surface area (Å²) in [6, 6.07) is 0.575. The molecule has 0 bridgehead atoms. The Hall–Kier alpha value is 0.260. The van der Waals surface area contributed by atoms with Crippen LogP contribution < -0.4 is 5.32 Å². The van der Waals surface area contributed by atoms with E-state index in [9.17, 15) is 8.42 Å². The quantitative estimate of drug-likeness (QED) is 0.782. The minimum Gasteiger partial charge on any atom is -0.313 e. The third-order valence-corrected chi connectivity index (χ3v) is 6.09. The number of thioether (sulfide) groups is 1. The van der Waals surface area contributed by atoms with Crippen LogP contribution in [0.3, 0.4) is 0 Å². The Morgan fingerprint density at radius 3 is 2.67 bits per heavy atom. The number of sulfone groups is 1. The van der Waals surface area contributed by atoms with Crippen molar-refractivity contribution in [2.75, 3.05) is 24.3 Å². The topological polar surface area (TPSA) is 46.2 Å². The molecule has 0 radical (unpaired) electrons. The lowest BCUT2D eigenvalue weighted by atomic mass is 9.87. The SMILES string of the molecule is CCCNC1CCC(C)CC1SCCS(C)(=O)=O. The van der Waals surface area contributed by atoms with Crippen LogP contribution in [0.5, 0.6) is 0 Å². The first-order valence-corrected chi connectivity index (χ1v) is 10.1. The fraction of sp³-hybridized carbons (Fsp3) is 1.00. The van der Waals surface area contributed by atoms with E-state index in [0.717, 1.165) is 24.6 Å². The molecule has 3 nitrogen and oxygen atoms in total. The molecule has 0 amide bonds. The van der Waals surface area contributed by atoms with Crippen molar-refractivity contribution in [3.63, 3.8) is 0 Å². The zero-order chi connectivity index (χ0) is 13.6. The molecule has 18 heavy (non-hydrogen) atoms. The van der Waals surface area contributed by atoms with Gasteiger partial charge >= 0.3 is 0 Å². The molecule has 1 saturated carbocycles. The zero-order valence-corrected chi connectivity index (χ0v) is 13.4. The summed E-state index contributed by atoms with van der Waals surface area (Å²) >= 11 is 1.84. The van der Waals surface area contributed by atoms with Crippen LogP contribution in [0, 0.1) is 5.92 Å². The fourth-order valence-corrected chi connectivity index (χ4v) is 5.25. The van der Waals surface area contributed by atoms with Crippen molar-refractivity contribution in [3.05, 3.63) is 0 Å². The third-order valence-electron chi connectivity index (χ3n) is 3.50. The summed E-state index contributed by atoms with van der Waals surface area (Å²) in [5.74, 6) is 1.82. The standard InChI is InChI=1S/C13H27NO2S2/c1-4-7-14-12-6-5-11(2)10-13(12)17-8-9-18(3,15)16/h11-14H,4-10H2,1-3H3. The van der Waals surface area contributed by atoms with Gasteiger partial charge in [0.2, 0.25) is 0 Å². The summed E-state index contributed by atoms with van der Waals surface area (Å²) < 4.78 is 22.3. The Bertz CT molecular complexity index is 328. The summed E-state index contributed by atoms with van der Waals surface area (Å²) in [4.78, 5) is 0. The van der Waals surface area contributed by atoms with E-state index in [0.29, 0.717) is 17.0 Å². The monoisotopic (exact) mass is 293 g/mol. The lowest BCUT2D eigenvalue weighted by Crippen LogP contribution is -2.42. The zero-order valence-electron chi connectivity index (χ0n) is 11.8. The van der Waals surface area contributed by atoms with Crippen LogP contribution in [-0.4, -0.2) is 44.0 Å². The van der Waals surface area contributed by atoms with Crippen molar-refractivity contribution in [1.82, 2.24) is 5.32 Å². The highest BCUT2D eigenvalue weighted by Gasteiger charge is 2.28. The summed E-state index contributed by atoms with van der Waals surface area (Å²) in [7, 11) is -2.81. The van der Waals surface area contributed by atoms with Gasteiger partial charge in [0.1, 0.15) is 9.84 Å². The van der Waals surface area contributed by atoms with E-state index in [4.69, 9.17) is 0 Å². The molecule has 1 rings (SSSR count). The highest BCUT2D eigenvalue weighted by molar-refractivity contribution is 8.01. The molecule has 0 aromatic heterocycles. The second-order valence-electron chi connectivity index (χ2n) is 5.52. The normalized spacial score (nSPS) is 29.4. The minimum absolute atomic E-state index is 0.309. The molecule has 1 aliphatic rings. The maximum absolute atomic E-state index is 11.2. The third kappa shape index (κ3) is 6.43. The van der Waals surface area contributed by atoms with Gasteiger partial charge in [-0.2, -0.15) is 11.8 Å². The van der Waals surface area contributed by atoms with E-state index in [1.54, 1.807) is 0 Å². The summed E-state index contributed by atoms with van der Waals surface area (Å²) in [6.45, 7) is 5.56. The van der Waals surface area contributed by atoms with Crippen molar-refractivity contribution in [2.24, 2.45) is 5.92 Å². The molecule has 0 spiro atoms. The van der Waals surface area contributed by atoms with Gasteiger partial charge in [-0.15, -0.1) is 0 Å². The Balaban J connectivity index is 2.41. The highest BCUT2D eigenvalue weighted by Crippen LogP contribution is 2.32. The van der Waals surface area contributed by atoms with Crippen LogP contribution in [0.1, 0.15) is 39.5 Å². The van der Waals surface area contributed by atoms with Crippen LogP contribution in [0.4, 0.5) is 0 Å². The Morgan fingerprint density at radius 2 is 2.06 bits per heavy atom. The molecule has 0 aliphatic heterocycles. The molecule has 1 aliphatic carbocycles. The second-order valence-corrected chi connectivity index (χ2v) is 9.12. The van der Waals surface area contributed by atoms with E-state index >= 15 is 0 Å². The molecule has 3 unspecified atom stereocenters. The van der Waals surface area contributed by atoms with E-state index in [1.165, 1.54) is 25.5 Å². The van der Waals surface area contributed by atoms with E-state index in [-0.39, 0.29) is 0 Å². The minimum atomic E-state index is -2.81. The number of hydrogen-bond donors (Lipinski definition) is 1. The lowest BCUT2D eigenvalue weighted by Gasteiger charge is -2.35. The average Bonchev–Trinajstić information content (AvgIpc) is 2.26. The van der Waals surface area contributed by atoms with E-state index < -0.39 is 9.84 Å². The predicted octanol–water partition coefficient (Wildman–Crippen LogP) is 2.32. The van der Waals surface area contributed by atoms with Crippen LogP contribution >= 0.6 is 11.8 Å². The molecular weight excluding hydrogens is 266 g/mol. The molecule has 0 aromatic carbocycles. The summed E-state index contributed by atoms with van der Waals surface area (Å²) in [6.07, 6.45) is 6.23. The summed E-state index contributed by atoms with van der Waals surface area (Å²) in [5.41, 5.74) is 0. The molecule has 5 heteroatoms. The van der Waals surface area contributed by atoms with Gasteiger partial charge in [-0.1, -0.05) is 13.8 Å². The van der Waals surface area contributed by atoms with Crippen LogP contribution in [-0.2, 0) is 9.84 Å². The Kier molecular flexibility index (Phi) is 7.03.